The highest BCUT2D eigenvalue weighted by atomic mass is 35.5. The van der Waals surface area contributed by atoms with Crippen molar-refractivity contribution in [3.05, 3.63) is 88.4 Å². The number of amides is 2. The maximum absolute atomic E-state index is 12.2. The summed E-state index contributed by atoms with van der Waals surface area (Å²) in [6.45, 7) is 4.91. The van der Waals surface area contributed by atoms with E-state index in [1.165, 1.54) is 6.21 Å². The number of rotatable bonds is 12. The van der Waals surface area contributed by atoms with Crippen LogP contribution in [0.5, 0.6) is 17.2 Å². The lowest BCUT2D eigenvalue weighted by Crippen LogP contribution is -2.34. The molecule has 0 atom stereocenters. The molecule has 36 heavy (non-hydrogen) atoms. The molecule has 2 amide bonds. The zero-order valence-electron chi connectivity index (χ0n) is 20.1. The zero-order chi connectivity index (χ0) is 25.8. The molecule has 0 radical (unpaired) electrons. The van der Waals surface area contributed by atoms with Gasteiger partial charge in [-0.15, -0.1) is 0 Å². The number of nitrogens with zero attached hydrogens (tertiary/aromatic N) is 1. The molecule has 0 aromatic heterocycles. The minimum Gasteiger partial charge on any atom is -0.494 e. The van der Waals surface area contributed by atoms with Crippen molar-refractivity contribution in [3.8, 4) is 17.2 Å². The van der Waals surface area contributed by atoms with Crippen molar-refractivity contribution in [2.24, 2.45) is 5.10 Å². The van der Waals surface area contributed by atoms with E-state index in [0.29, 0.717) is 53.2 Å². The van der Waals surface area contributed by atoms with Gasteiger partial charge < -0.3 is 19.5 Å². The average molecular weight is 510 g/mol. The van der Waals surface area contributed by atoms with Crippen molar-refractivity contribution in [2.75, 3.05) is 19.8 Å². The standard InChI is InChI=1S/C27H28ClN3O5/c1-3-34-23-12-8-21(9-13-23)27(33)29-17-26(32)31-30-16-20-7-14-24(25(15-20)35-4-2)36-18-19-5-10-22(28)11-6-19/h5-16H,3-4,17-18H2,1-2H3,(H,29,33)(H,31,32)/b30-16-. The monoisotopic (exact) mass is 509 g/mol. The van der Waals surface area contributed by atoms with Crippen molar-refractivity contribution in [2.45, 2.75) is 20.5 Å². The first-order valence-corrected chi connectivity index (χ1v) is 11.8. The lowest BCUT2D eigenvalue weighted by Gasteiger charge is -2.12. The van der Waals surface area contributed by atoms with Gasteiger partial charge in [-0.25, -0.2) is 5.43 Å². The number of nitrogens with one attached hydrogen (secondary N) is 2. The first-order valence-electron chi connectivity index (χ1n) is 11.5. The van der Waals surface area contributed by atoms with Gasteiger partial charge in [-0.2, -0.15) is 5.10 Å². The Labute approximate surface area is 215 Å². The number of benzene rings is 3. The highest BCUT2D eigenvalue weighted by molar-refractivity contribution is 6.30. The summed E-state index contributed by atoms with van der Waals surface area (Å²) in [4.78, 5) is 24.3. The molecule has 0 heterocycles. The van der Waals surface area contributed by atoms with Gasteiger partial charge >= 0.3 is 0 Å². The van der Waals surface area contributed by atoms with E-state index in [4.69, 9.17) is 25.8 Å². The van der Waals surface area contributed by atoms with E-state index in [-0.39, 0.29) is 12.5 Å². The topological polar surface area (TPSA) is 98.2 Å². The predicted molar refractivity (Wildman–Crippen MR) is 139 cm³/mol. The lowest BCUT2D eigenvalue weighted by molar-refractivity contribution is -0.120. The van der Waals surface area contributed by atoms with Crippen molar-refractivity contribution in [1.29, 1.82) is 0 Å². The maximum atomic E-state index is 12.2. The highest BCUT2D eigenvalue weighted by Crippen LogP contribution is 2.29. The normalized spacial score (nSPS) is 10.6. The fourth-order valence-corrected chi connectivity index (χ4v) is 3.21. The quantitative estimate of drug-likeness (QED) is 0.275. The molecular weight excluding hydrogens is 482 g/mol. The third kappa shape index (κ3) is 8.32. The minimum absolute atomic E-state index is 0.217. The van der Waals surface area contributed by atoms with E-state index in [9.17, 15) is 9.59 Å². The summed E-state index contributed by atoms with van der Waals surface area (Å²) >= 11 is 5.92. The Balaban J connectivity index is 1.50. The van der Waals surface area contributed by atoms with Crippen LogP contribution in [0.1, 0.15) is 35.3 Å². The maximum Gasteiger partial charge on any atom is 0.259 e. The van der Waals surface area contributed by atoms with Gasteiger partial charge in [0, 0.05) is 10.6 Å². The van der Waals surface area contributed by atoms with Crippen LogP contribution in [0.4, 0.5) is 0 Å². The van der Waals surface area contributed by atoms with Gasteiger partial charge in [0.25, 0.3) is 11.8 Å². The Morgan fingerprint density at radius 2 is 1.61 bits per heavy atom. The fourth-order valence-electron chi connectivity index (χ4n) is 3.08. The second kappa shape index (κ2) is 13.7. The smallest absolute Gasteiger partial charge is 0.259 e. The molecule has 0 saturated carbocycles. The Kier molecular flexibility index (Phi) is 10.1. The van der Waals surface area contributed by atoms with Crippen molar-refractivity contribution in [1.82, 2.24) is 10.7 Å². The molecule has 188 valence electrons. The van der Waals surface area contributed by atoms with E-state index in [2.05, 4.69) is 15.8 Å². The van der Waals surface area contributed by atoms with Crippen LogP contribution in [0.15, 0.2) is 71.8 Å². The minimum atomic E-state index is -0.460. The van der Waals surface area contributed by atoms with Gasteiger partial charge in [-0.05, 0) is 79.6 Å². The summed E-state index contributed by atoms with van der Waals surface area (Å²) in [7, 11) is 0. The third-order valence-electron chi connectivity index (χ3n) is 4.82. The molecule has 3 aromatic carbocycles. The predicted octanol–water partition coefficient (Wildman–Crippen LogP) is 4.60. The Morgan fingerprint density at radius 3 is 2.31 bits per heavy atom. The molecule has 0 bridgehead atoms. The van der Waals surface area contributed by atoms with Crippen LogP contribution in [-0.2, 0) is 11.4 Å². The molecule has 9 heteroatoms. The molecular formula is C27H28ClN3O5. The average Bonchev–Trinajstić information content (AvgIpc) is 2.88. The highest BCUT2D eigenvalue weighted by Gasteiger charge is 2.09. The zero-order valence-corrected chi connectivity index (χ0v) is 20.9. The molecule has 0 fully saturated rings. The molecule has 0 aliphatic carbocycles. The van der Waals surface area contributed by atoms with Crippen LogP contribution in [0.3, 0.4) is 0 Å². The van der Waals surface area contributed by atoms with Crippen LogP contribution < -0.4 is 25.0 Å². The van der Waals surface area contributed by atoms with Crippen LogP contribution in [0, 0.1) is 0 Å². The second-order valence-electron chi connectivity index (χ2n) is 7.49. The Hall–Kier alpha value is -4.04. The van der Waals surface area contributed by atoms with Gasteiger partial charge in [0.05, 0.1) is 26.0 Å². The number of carbonyl (C=O) groups excluding carboxylic acids is 2. The Bertz CT molecular complexity index is 1180. The van der Waals surface area contributed by atoms with E-state index < -0.39 is 5.91 Å². The second-order valence-corrected chi connectivity index (χ2v) is 7.92. The van der Waals surface area contributed by atoms with E-state index in [0.717, 1.165) is 5.56 Å². The van der Waals surface area contributed by atoms with E-state index in [1.54, 1.807) is 42.5 Å². The van der Waals surface area contributed by atoms with E-state index >= 15 is 0 Å². The summed E-state index contributed by atoms with van der Waals surface area (Å²) in [6.07, 6.45) is 1.48. The van der Waals surface area contributed by atoms with E-state index in [1.807, 2.05) is 38.1 Å². The molecule has 3 rings (SSSR count). The van der Waals surface area contributed by atoms with Gasteiger partial charge in [-0.1, -0.05) is 23.7 Å². The number of hydrogen-bond acceptors (Lipinski definition) is 6. The van der Waals surface area contributed by atoms with Gasteiger partial charge in [0.1, 0.15) is 12.4 Å². The van der Waals surface area contributed by atoms with Crippen LogP contribution >= 0.6 is 11.6 Å². The van der Waals surface area contributed by atoms with Crippen LogP contribution in [-0.4, -0.2) is 37.8 Å². The molecule has 3 aromatic rings. The summed E-state index contributed by atoms with van der Waals surface area (Å²) in [5.74, 6) is 0.996. The van der Waals surface area contributed by atoms with Gasteiger partial charge in [-0.3, -0.25) is 9.59 Å². The molecule has 0 unspecified atom stereocenters. The fraction of sp³-hybridized carbons (Fsp3) is 0.222. The molecule has 0 saturated heterocycles. The lowest BCUT2D eigenvalue weighted by atomic mass is 10.2. The van der Waals surface area contributed by atoms with Crippen LogP contribution in [0.2, 0.25) is 5.02 Å². The molecule has 0 aliphatic rings. The first kappa shape index (κ1) is 26.6. The molecule has 0 spiro atoms. The molecule has 2 N–H and O–H groups in total. The Morgan fingerprint density at radius 1 is 0.889 bits per heavy atom. The van der Waals surface area contributed by atoms with Gasteiger partial charge in [0.15, 0.2) is 11.5 Å². The van der Waals surface area contributed by atoms with Crippen molar-refractivity contribution in [3.63, 3.8) is 0 Å². The number of hydrogen-bond donors (Lipinski definition) is 2. The number of carbonyl (C=O) groups is 2. The van der Waals surface area contributed by atoms with Crippen molar-refractivity contribution < 1.29 is 23.8 Å². The molecule has 8 nitrogen and oxygen atoms in total. The number of ether oxygens (including phenoxy) is 3. The summed E-state index contributed by atoms with van der Waals surface area (Å²) in [6, 6.07) is 19.4. The summed E-state index contributed by atoms with van der Waals surface area (Å²) < 4.78 is 16.9. The first-order chi connectivity index (χ1) is 17.5. The summed E-state index contributed by atoms with van der Waals surface area (Å²) in [5.41, 5.74) is 4.50. The van der Waals surface area contributed by atoms with Gasteiger partial charge in [0.2, 0.25) is 0 Å². The molecule has 0 aliphatic heterocycles. The largest absolute Gasteiger partial charge is 0.494 e. The number of halogens is 1. The number of hydrazone groups is 1. The third-order valence-corrected chi connectivity index (χ3v) is 5.07. The summed E-state index contributed by atoms with van der Waals surface area (Å²) in [5, 5.41) is 7.18. The SMILES string of the molecule is CCOc1ccc(C(=O)NCC(=O)N/N=C\c2ccc(OCc3ccc(Cl)cc3)c(OCC)c2)cc1. The van der Waals surface area contributed by atoms with Crippen LogP contribution in [0.25, 0.3) is 0 Å². The van der Waals surface area contributed by atoms with Crippen molar-refractivity contribution >= 4 is 29.6 Å².